The van der Waals surface area contributed by atoms with E-state index in [0.717, 1.165) is 18.0 Å². The summed E-state index contributed by atoms with van der Waals surface area (Å²) in [6.07, 6.45) is 6.81. The first-order valence-electron chi connectivity index (χ1n) is 7.59. The minimum atomic E-state index is -0.119. The Bertz CT molecular complexity index is 587. The molecule has 1 aliphatic carbocycles. The van der Waals surface area contributed by atoms with E-state index in [-0.39, 0.29) is 6.04 Å². The molecule has 1 aromatic heterocycles. The molecular formula is C18H22N2. The lowest BCUT2D eigenvalue weighted by Crippen LogP contribution is -2.17. The molecule has 0 bridgehead atoms. The van der Waals surface area contributed by atoms with Crippen LogP contribution < -0.4 is 5.73 Å². The number of nitrogens with two attached hydrogens (primary N) is 1. The monoisotopic (exact) mass is 266 g/mol. The molecule has 1 heterocycles. The zero-order valence-corrected chi connectivity index (χ0v) is 12.0. The molecule has 2 aromatic rings. The van der Waals surface area contributed by atoms with Crippen LogP contribution in [0.1, 0.15) is 60.5 Å². The molecule has 1 unspecified atom stereocenters. The van der Waals surface area contributed by atoms with Crippen LogP contribution in [0.5, 0.6) is 0 Å². The van der Waals surface area contributed by atoms with E-state index in [2.05, 4.69) is 42.2 Å². The zero-order valence-electron chi connectivity index (χ0n) is 12.0. The van der Waals surface area contributed by atoms with Crippen molar-refractivity contribution in [1.29, 1.82) is 0 Å². The first kappa shape index (κ1) is 13.3. The van der Waals surface area contributed by atoms with Crippen molar-refractivity contribution < 1.29 is 0 Å². The summed E-state index contributed by atoms with van der Waals surface area (Å²) < 4.78 is 0. The highest BCUT2D eigenvalue weighted by Crippen LogP contribution is 2.37. The summed E-state index contributed by atoms with van der Waals surface area (Å²) in [4.78, 5) is 4.51. The molecule has 104 valence electrons. The highest BCUT2D eigenvalue weighted by Gasteiger charge is 2.21. The van der Waals surface area contributed by atoms with Crippen molar-refractivity contribution in [3.63, 3.8) is 0 Å². The minimum absolute atomic E-state index is 0.119. The van der Waals surface area contributed by atoms with E-state index >= 15 is 0 Å². The average molecular weight is 266 g/mol. The largest absolute Gasteiger partial charge is 0.319 e. The van der Waals surface area contributed by atoms with Crippen molar-refractivity contribution in [2.24, 2.45) is 5.73 Å². The van der Waals surface area contributed by atoms with Crippen molar-refractivity contribution >= 4 is 0 Å². The average Bonchev–Trinajstić information content (AvgIpc) is 2.45. The zero-order chi connectivity index (χ0) is 13.9. The van der Waals surface area contributed by atoms with Gasteiger partial charge in [0.15, 0.2) is 0 Å². The predicted octanol–water partition coefficient (Wildman–Crippen LogP) is 3.96. The summed E-state index contributed by atoms with van der Waals surface area (Å²) in [5.74, 6) is 0.747. The number of rotatable bonds is 4. The van der Waals surface area contributed by atoms with Crippen LogP contribution >= 0.6 is 0 Å². The number of benzene rings is 1. The van der Waals surface area contributed by atoms with Gasteiger partial charge in [0.2, 0.25) is 0 Å². The molecule has 0 saturated heterocycles. The molecule has 1 saturated carbocycles. The fraction of sp³-hybridized carbons (Fsp3) is 0.389. The fourth-order valence-electron chi connectivity index (χ4n) is 2.94. The highest BCUT2D eigenvalue weighted by atomic mass is 14.8. The molecule has 2 N–H and O–H groups in total. The molecule has 20 heavy (non-hydrogen) atoms. The number of aryl methyl sites for hydroxylation is 1. The lowest BCUT2D eigenvalue weighted by atomic mass is 9.79. The molecule has 0 spiro atoms. The van der Waals surface area contributed by atoms with Gasteiger partial charge in [-0.3, -0.25) is 4.98 Å². The Labute approximate surface area is 121 Å². The molecule has 0 aliphatic heterocycles. The standard InChI is InChI=1S/C18H22N2/c1-2-13-10-5-11-20-18(13)17(19)16-9-4-8-15(12-16)14-6-3-7-14/h4-5,8-12,14,17H,2-3,6-7,19H2,1H3. The highest BCUT2D eigenvalue weighted by molar-refractivity contribution is 5.36. The molecule has 1 aromatic carbocycles. The topological polar surface area (TPSA) is 38.9 Å². The Hall–Kier alpha value is -1.67. The van der Waals surface area contributed by atoms with Gasteiger partial charge in [-0.05, 0) is 47.9 Å². The van der Waals surface area contributed by atoms with Gasteiger partial charge in [0.1, 0.15) is 0 Å². The third kappa shape index (κ3) is 2.48. The second kappa shape index (κ2) is 5.76. The second-order valence-corrected chi connectivity index (χ2v) is 5.68. The van der Waals surface area contributed by atoms with Crippen molar-refractivity contribution in [1.82, 2.24) is 4.98 Å². The maximum atomic E-state index is 6.46. The van der Waals surface area contributed by atoms with E-state index in [0.29, 0.717) is 0 Å². The van der Waals surface area contributed by atoms with Crippen molar-refractivity contribution in [2.45, 2.75) is 44.6 Å². The number of pyridine rings is 1. The van der Waals surface area contributed by atoms with Crippen molar-refractivity contribution in [3.05, 3.63) is 65.0 Å². The van der Waals surface area contributed by atoms with Gasteiger partial charge in [0.05, 0.1) is 11.7 Å². The third-order valence-corrected chi connectivity index (χ3v) is 4.45. The number of hydrogen-bond acceptors (Lipinski definition) is 2. The normalized spacial score (nSPS) is 16.7. The first-order chi connectivity index (χ1) is 9.79. The number of hydrogen-bond donors (Lipinski definition) is 1. The van der Waals surface area contributed by atoms with Gasteiger partial charge in [-0.1, -0.05) is 43.7 Å². The van der Waals surface area contributed by atoms with Crippen LogP contribution in [-0.2, 0) is 6.42 Å². The summed E-state index contributed by atoms with van der Waals surface area (Å²) in [5, 5.41) is 0. The van der Waals surface area contributed by atoms with E-state index in [9.17, 15) is 0 Å². The molecule has 3 rings (SSSR count). The minimum Gasteiger partial charge on any atom is -0.319 e. The van der Waals surface area contributed by atoms with Gasteiger partial charge in [-0.15, -0.1) is 0 Å². The van der Waals surface area contributed by atoms with Gasteiger partial charge < -0.3 is 5.73 Å². The van der Waals surface area contributed by atoms with Crippen LogP contribution in [0.3, 0.4) is 0 Å². The van der Waals surface area contributed by atoms with Crippen LogP contribution in [0.4, 0.5) is 0 Å². The van der Waals surface area contributed by atoms with Crippen LogP contribution in [0.25, 0.3) is 0 Å². The third-order valence-electron chi connectivity index (χ3n) is 4.45. The molecule has 2 nitrogen and oxygen atoms in total. The Balaban J connectivity index is 1.91. The lowest BCUT2D eigenvalue weighted by Gasteiger charge is -2.26. The van der Waals surface area contributed by atoms with Gasteiger partial charge in [-0.25, -0.2) is 0 Å². The Morgan fingerprint density at radius 3 is 2.80 bits per heavy atom. The molecule has 2 heteroatoms. The van der Waals surface area contributed by atoms with E-state index < -0.39 is 0 Å². The van der Waals surface area contributed by atoms with Gasteiger partial charge in [-0.2, -0.15) is 0 Å². The molecule has 1 aliphatic rings. The van der Waals surface area contributed by atoms with Gasteiger partial charge in [0, 0.05) is 6.20 Å². The van der Waals surface area contributed by atoms with Crippen LogP contribution in [0.15, 0.2) is 42.6 Å². The summed E-state index contributed by atoms with van der Waals surface area (Å²) in [6.45, 7) is 2.15. The maximum Gasteiger partial charge on any atom is 0.0729 e. The smallest absolute Gasteiger partial charge is 0.0729 e. The SMILES string of the molecule is CCc1cccnc1C(N)c1cccc(C2CCC2)c1. The number of aromatic nitrogens is 1. The Morgan fingerprint density at radius 2 is 2.10 bits per heavy atom. The molecular weight excluding hydrogens is 244 g/mol. The lowest BCUT2D eigenvalue weighted by molar-refractivity contribution is 0.419. The summed E-state index contributed by atoms with van der Waals surface area (Å²) in [7, 11) is 0. The first-order valence-corrected chi connectivity index (χ1v) is 7.59. The molecule has 0 amide bonds. The van der Waals surface area contributed by atoms with E-state index in [1.807, 2.05) is 12.3 Å². The Morgan fingerprint density at radius 1 is 1.25 bits per heavy atom. The van der Waals surface area contributed by atoms with Crippen LogP contribution in [0, 0.1) is 0 Å². The number of nitrogens with zero attached hydrogens (tertiary/aromatic N) is 1. The van der Waals surface area contributed by atoms with E-state index in [4.69, 9.17) is 5.73 Å². The van der Waals surface area contributed by atoms with Crippen LogP contribution in [0.2, 0.25) is 0 Å². The predicted molar refractivity (Wildman–Crippen MR) is 82.7 cm³/mol. The van der Waals surface area contributed by atoms with Crippen molar-refractivity contribution in [2.75, 3.05) is 0 Å². The van der Waals surface area contributed by atoms with Gasteiger partial charge >= 0.3 is 0 Å². The molecule has 1 atom stereocenters. The molecule has 1 fully saturated rings. The fourth-order valence-corrected chi connectivity index (χ4v) is 2.94. The quantitative estimate of drug-likeness (QED) is 0.909. The molecule has 0 radical (unpaired) electrons. The summed E-state index contributed by atoms with van der Waals surface area (Å²) in [5.41, 5.74) is 11.3. The maximum absolute atomic E-state index is 6.46. The van der Waals surface area contributed by atoms with Crippen LogP contribution in [-0.4, -0.2) is 4.98 Å². The van der Waals surface area contributed by atoms with Crippen molar-refractivity contribution in [3.8, 4) is 0 Å². The van der Waals surface area contributed by atoms with Gasteiger partial charge in [0.25, 0.3) is 0 Å². The Kier molecular flexibility index (Phi) is 3.83. The van der Waals surface area contributed by atoms with E-state index in [1.165, 1.54) is 36.0 Å². The summed E-state index contributed by atoms with van der Waals surface area (Å²) >= 11 is 0. The summed E-state index contributed by atoms with van der Waals surface area (Å²) in [6, 6.07) is 12.8. The second-order valence-electron chi connectivity index (χ2n) is 5.68. The van der Waals surface area contributed by atoms with E-state index in [1.54, 1.807) is 0 Å².